The highest BCUT2D eigenvalue weighted by molar-refractivity contribution is 9.10. The number of ether oxygens (including phenoxy) is 1. The van der Waals surface area contributed by atoms with Crippen LogP contribution in [0.5, 0.6) is 11.5 Å². The summed E-state index contributed by atoms with van der Waals surface area (Å²) in [6.07, 6.45) is 0. The summed E-state index contributed by atoms with van der Waals surface area (Å²) < 4.78 is 5.86. The zero-order chi connectivity index (χ0) is 13.8. The van der Waals surface area contributed by atoms with Crippen molar-refractivity contribution in [2.24, 2.45) is 0 Å². The largest absolute Gasteiger partial charge is 0.507 e. The SMILES string of the molecule is COc1ccc(CNc2ccc(Br)nc2C)c(O)c1. The summed E-state index contributed by atoms with van der Waals surface area (Å²) in [4.78, 5) is 4.31. The maximum Gasteiger partial charge on any atom is 0.124 e. The Balaban J connectivity index is 2.10. The minimum Gasteiger partial charge on any atom is -0.507 e. The molecule has 0 aliphatic heterocycles. The molecular formula is C14H15BrN2O2. The maximum atomic E-state index is 9.87. The summed E-state index contributed by atoms with van der Waals surface area (Å²) >= 11 is 3.33. The maximum absolute atomic E-state index is 9.87. The predicted molar refractivity (Wildman–Crippen MR) is 78.7 cm³/mol. The van der Waals surface area contributed by atoms with Crippen LogP contribution in [0.4, 0.5) is 5.69 Å². The van der Waals surface area contributed by atoms with Crippen molar-refractivity contribution in [2.75, 3.05) is 12.4 Å². The Bertz CT molecular complexity index is 588. The lowest BCUT2D eigenvalue weighted by atomic mass is 10.2. The molecule has 0 unspecified atom stereocenters. The molecule has 100 valence electrons. The van der Waals surface area contributed by atoms with Crippen LogP contribution in [0, 0.1) is 6.92 Å². The number of halogens is 1. The van der Waals surface area contributed by atoms with Crippen LogP contribution in [-0.4, -0.2) is 17.2 Å². The van der Waals surface area contributed by atoms with Gasteiger partial charge in [-0.05, 0) is 47.1 Å². The quantitative estimate of drug-likeness (QED) is 0.846. The molecule has 0 spiro atoms. The van der Waals surface area contributed by atoms with E-state index in [1.165, 1.54) is 0 Å². The number of nitrogens with one attached hydrogen (secondary N) is 1. The Labute approximate surface area is 120 Å². The van der Waals surface area contributed by atoms with Gasteiger partial charge in [0.2, 0.25) is 0 Å². The van der Waals surface area contributed by atoms with Crippen molar-refractivity contribution in [3.63, 3.8) is 0 Å². The van der Waals surface area contributed by atoms with Gasteiger partial charge in [-0.1, -0.05) is 0 Å². The molecule has 2 rings (SSSR count). The first-order chi connectivity index (χ1) is 9.10. The molecule has 0 aliphatic carbocycles. The van der Waals surface area contributed by atoms with Crippen molar-refractivity contribution in [3.05, 3.63) is 46.2 Å². The molecule has 4 nitrogen and oxygen atoms in total. The monoisotopic (exact) mass is 322 g/mol. The van der Waals surface area contributed by atoms with E-state index >= 15 is 0 Å². The van der Waals surface area contributed by atoms with Gasteiger partial charge in [-0.3, -0.25) is 0 Å². The van der Waals surface area contributed by atoms with Crippen LogP contribution in [0.15, 0.2) is 34.9 Å². The van der Waals surface area contributed by atoms with Crippen molar-refractivity contribution < 1.29 is 9.84 Å². The molecular weight excluding hydrogens is 308 g/mol. The number of anilines is 1. The standard InChI is InChI=1S/C14H15BrN2O2/c1-9-12(5-6-14(15)17-9)16-8-10-3-4-11(19-2)7-13(10)18/h3-7,16,18H,8H2,1-2H3. The molecule has 2 aromatic rings. The van der Waals surface area contributed by atoms with E-state index in [2.05, 4.69) is 26.2 Å². The Kier molecular flexibility index (Phi) is 4.27. The van der Waals surface area contributed by atoms with Crippen LogP contribution in [0.1, 0.15) is 11.3 Å². The molecule has 0 fully saturated rings. The summed E-state index contributed by atoms with van der Waals surface area (Å²) in [5.74, 6) is 0.859. The van der Waals surface area contributed by atoms with E-state index < -0.39 is 0 Å². The first kappa shape index (κ1) is 13.7. The summed E-state index contributed by atoms with van der Waals surface area (Å²) in [5, 5.41) is 13.1. The Morgan fingerprint density at radius 1 is 1.32 bits per heavy atom. The molecule has 1 aromatic carbocycles. The van der Waals surface area contributed by atoms with Gasteiger partial charge in [0.25, 0.3) is 0 Å². The second-order valence-corrected chi connectivity index (χ2v) is 4.93. The lowest BCUT2D eigenvalue weighted by Gasteiger charge is -2.11. The molecule has 1 aromatic heterocycles. The zero-order valence-electron chi connectivity index (χ0n) is 10.8. The minimum atomic E-state index is 0.217. The molecule has 0 atom stereocenters. The molecule has 1 heterocycles. The first-order valence-corrected chi connectivity index (χ1v) is 6.62. The van der Waals surface area contributed by atoms with E-state index in [1.807, 2.05) is 31.2 Å². The number of hydrogen-bond acceptors (Lipinski definition) is 4. The number of methoxy groups -OCH3 is 1. The van der Waals surface area contributed by atoms with Gasteiger partial charge in [0, 0.05) is 18.2 Å². The smallest absolute Gasteiger partial charge is 0.124 e. The lowest BCUT2D eigenvalue weighted by Crippen LogP contribution is -2.02. The van der Waals surface area contributed by atoms with E-state index in [0.717, 1.165) is 21.5 Å². The number of phenols is 1. The van der Waals surface area contributed by atoms with E-state index in [1.54, 1.807) is 13.2 Å². The highest BCUT2D eigenvalue weighted by Crippen LogP contribution is 2.25. The van der Waals surface area contributed by atoms with Gasteiger partial charge in [0.1, 0.15) is 16.1 Å². The fourth-order valence-corrected chi connectivity index (χ4v) is 2.13. The molecule has 19 heavy (non-hydrogen) atoms. The topological polar surface area (TPSA) is 54.4 Å². The fraction of sp³-hybridized carbons (Fsp3) is 0.214. The number of nitrogens with zero attached hydrogens (tertiary/aromatic N) is 1. The Hall–Kier alpha value is -1.75. The second-order valence-electron chi connectivity index (χ2n) is 4.12. The van der Waals surface area contributed by atoms with Crippen LogP contribution in [0.3, 0.4) is 0 Å². The Morgan fingerprint density at radius 3 is 2.74 bits per heavy atom. The Morgan fingerprint density at radius 2 is 2.11 bits per heavy atom. The van der Waals surface area contributed by atoms with Gasteiger partial charge in [-0.2, -0.15) is 0 Å². The van der Waals surface area contributed by atoms with Crippen molar-refractivity contribution in [1.82, 2.24) is 4.98 Å². The molecule has 0 radical (unpaired) electrons. The van der Waals surface area contributed by atoms with Gasteiger partial charge >= 0.3 is 0 Å². The third kappa shape index (κ3) is 3.38. The van der Waals surface area contributed by atoms with Crippen LogP contribution < -0.4 is 10.1 Å². The number of aromatic nitrogens is 1. The van der Waals surface area contributed by atoms with E-state index in [4.69, 9.17) is 4.74 Å². The van der Waals surface area contributed by atoms with Crippen molar-refractivity contribution in [1.29, 1.82) is 0 Å². The zero-order valence-corrected chi connectivity index (χ0v) is 12.4. The number of rotatable bonds is 4. The van der Waals surface area contributed by atoms with Gasteiger partial charge in [0.05, 0.1) is 18.5 Å². The summed E-state index contributed by atoms with van der Waals surface area (Å²) in [6.45, 7) is 2.46. The number of aromatic hydroxyl groups is 1. The number of hydrogen-bond donors (Lipinski definition) is 2. The third-order valence-electron chi connectivity index (χ3n) is 2.81. The molecule has 0 saturated carbocycles. The first-order valence-electron chi connectivity index (χ1n) is 5.83. The van der Waals surface area contributed by atoms with Gasteiger partial charge < -0.3 is 15.2 Å². The van der Waals surface area contributed by atoms with Crippen molar-refractivity contribution >= 4 is 21.6 Å². The number of benzene rings is 1. The number of phenolic OH excluding ortho intramolecular Hbond substituents is 1. The van der Waals surface area contributed by atoms with E-state index in [9.17, 15) is 5.11 Å². The van der Waals surface area contributed by atoms with Gasteiger partial charge in [0.15, 0.2) is 0 Å². The second kappa shape index (κ2) is 5.93. The summed E-state index contributed by atoms with van der Waals surface area (Å²) in [7, 11) is 1.57. The van der Waals surface area contributed by atoms with Crippen molar-refractivity contribution in [2.45, 2.75) is 13.5 Å². The molecule has 0 saturated heterocycles. The average Bonchev–Trinajstić information content (AvgIpc) is 2.39. The third-order valence-corrected chi connectivity index (χ3v) is 3.26. The van der Waals surface area contributed by atoms with Crippen LogP contribution in [0.2, 0.25) is 0 Å². The molecule has 0 aliphatic rings. The van der Waals surface area contributed by atoms with Crippen LogP contribution in [0.25, 0.3) is 0 Å². The predicted octanol–water partition coefficient (Wildman–Crippen LogP) is 3.48. The molecule has 5 heteroatoms. The van der Waals surface area contributed by atoms with Gasteiger partial charge in [-0.15, -0.1) is 0 Å². The highest BCUT2D eigenvalue weighted by atomic mass is 79.9. The van der Waals surface area contributed by atoms with Crippen molar-refractivity contribution in [3.8, 4) is 11.5 Å². The molecule has 2 N–H and O–H groups in total. The van der Waals surface area contributed by atoms with E-state index in [-0.39, 0.29) is 5.75 Å². The normalized spacial score (nSPS) is 10.3. The van der Waals surface area contributed by atoms with E-state index in [0.29, 0.717) is 12.3 Å². The highest BCUT2D eigenvalue weighted by Gasteiger charge is 2.05. The molecule has 0 bridgehead atoms. The number of aryl methyl sites for hydroxylation is 1. The summed E-state index contributed by atoms with van der Waals surface area (Å²) in [6, 6.07) is 9.09. The average molecular weight is 323 g/mol. The summed E-state index contributed by atoms with van der Waals surface area (Å²) in [5.41, 5.74) is 2.66. The lowest BCUT2D eigenvalue weighted by molar-refractivity contribution is 0.406. The van der Waals surface area contributed by atoms with Gasteiger partial charge in [-0.25, -0.2) is 4.98 Å². The van der Waals surface area contributed by atoms with Crippen LogP contribution >= 0.6 is 15.9 Å². The fourth-order valence-electron chi connectivity index (χ4n) is 1.73. The minimum absolute atomic E-state index is 0.217. The van der Waals surface area contributed by atoms with Crippen LogP contribution in [-0.2, 0) is 6.54 Å². The number of pyridine rings is 1. The molecule has 0 amide bonds.